The molecule has 0 spiro atoms. The number of hydrogen-bond acceptors (Lipinski definition) is 5. The third-order valence-electron chi connectivity index (χ3n) is 2.75. The predicted octanol–water partition coefficient (Wildman–Crippen LogP) is 3.21. The van der Waals surface area contributed by atoms with Gasteiger partial charge in [0, 0.05) is 17.0 Å². The molecule has 110 valence electrons. The van der Waals surface area contributed by atoms with Crippen LogP contribution in [0.3, 0.4) is 0 Å². The number of aromatic nitrogens is 1. The van der Waals surface area contributed by atoms with Crippen LogP contribution in [0.1, 0.15) is 0 Å². The number of furan rings is 1. The average Bonchev–Trinajstić information content (AvgIpc) is 2.77. The highest BCUT2D eigenvalue weighted by molar-refractivity contribution is 7.88. The van der Waals surface area contributed by atoms with E-state index < -0.39 is 21.4 Å². The summed E-state index contributed by atoms with van der Waals surface area (Å²) in [6.45, 7) is 0. The Morgan fingerprint density at radius 3 is 2.62 bits per heavy atom. The molecule has 0 aliphatic rings. The van der Waals surface area contributed by atoms with Gasteiger partial charge in [-0.3, -0.25) is 4.98 Å². The number of para-hydroxylation sites is 1. The molecular weight excluding hydrogens is 311 g/mol. The summed E-state index contributed by atoms with van der Waals surface area (Å²) in [6.07, 6.45) is 2.86. The van der Waals surface area contributed by atoms with Crippen LogP contribution >= 0.6 is 0 Å². The monoisotopic (exact) mass is 317 g/mol. The molecule has 9 heteroatoms. The largest absolute Gasteiger partial charge is 0.534 e. The number of fused-ring (bicyclic) bond motifs is 3. The van der Waals surface area contributed by atoms with E-state index in [0.29, 0.717) is 16.4 Å². The van der Waals surface area contributed by atoms with Crippen LogP contribution in [0.5, 0.6) is 5.75 Å². The first-order chi connectivity index (χ1) is 9.79. The van der Waals surface area contributed by atoms with E-state index in [2.05, 4.69) is 9.17 Å². The van der Waals surface area contributed by atoms with Gasteiger partial charge in [0.1, 0.15) is 0 Å². The summed E-state index contributed by atoms with van der Waals surface area (Å²) in [5.74, 6) is -0.527. The molecule has 0 aliphatic carbocycles. The smallest absolute Gasteiger partial charge is 0.450 e. The van der Waals surface area contributed by atoms with Crippen LogP contribution in [0, 0.1) is 0 Å². The fourth-order valence-electron chi connectivity index (χ4n) is 1.86. The Hall–Kier alpha value is -2.29. The zero-order valence-electron chi connectivity index (χ0n) is 10.1. The lowest BCUT2D eigenvalue weighted by atomic mass is 10.2. The second-order valence-corrected chi connectivity index (χ2v) is 5.63. The topological polar surface area (TPSA) is 69.4 Å². The van der Waals surface area contributed by atoms with Crippen LogP contribution in [0.25, 0.3) is 21.9 Å². The van der Waals surface area contributed by atoms with E-state index in [1.54, 1.807) is 12.1 Å². The number of rotatable bonds is 2. The van der Waals surface area contributed by atoms with Gasteiger partial charge in [0.2, 0.25) is 0 Å². The van der Waals surface area contributed by atoms with Gasteiger partial charge in [0.15, 0.2) is 16.9 Å². The molecule has 0 saturated carbocycles. The number of pyridine rings is 1. The SMILES string of the molecule is O=S(=O)(Oc1cccc2c1oc1cnccc12)C(F)(F)F. The second kappa shape index (κ2) is 4.35. The molecule has 2 heterocycles. The van der Waals surface area contributed by atoms with Gasteiger partial charge in [-0.2, -0.15) is 21.6 Å². The van der Waals surface area contributed by atoms with Gasteiger partial charge in [-0.15, -0.1) is 0 Å². The molecule has 0 bridgehead atoms. The highest BCUT2D eigenvalue weighted by Crippen LogP contribution is 2.36. The first-order valence-corrected chi connectivity index (χ1v) is 6.96. The molecule has 0 aliphatic heterocycles. The van der Waals surface area contributed by atoms with E-state index in [4.69, 9.17) is 4.42 Å². The van der Waals surface area contributed by atoms with Gasteiger partial charge in [0.25, 0.3) is 0 Å². The van der Waals surface area contributed by atoms with Gasteiger partial charge < -0.3 is 8.60 Å². The number of halogens is 3. The summed E-state index contributed by atoms with van der Waals surface area (Å²) in [6, 6.07) is 5.64. The number of hydrogen-bond donors (Lipinski definition) is 0. The summed E-state index contributed by atoms with van der Waals surface area (Å²) >= 11 is 0. The van der Waals surface area contributed by atoms with Crippen molar-refractivity contribution in [1.82, 2.24) is 4.98 Å². The molecule has 0 radical (unpaired) electrons. The predicted molar refractivity (Wildman–Crippen MR) is 67.1 cm³/mol. The van der Waals surface area contributed by atoms with Gasteiger partial charge in [-0.1, -0.05) is 12.1 Å². The molecular formula is C12H6F3NO4S. The zero-order chi connectivity index (χ0) is 15.3. The van der Waals surface area contributed by atoms with E-state index in [0.717, 1.165) is 6.07 Å². The van der Waals surface area contributed by atoms with Gasteiger partial charge in [0.05, 0.1) is 6.20 Å². The molecule has 3 aromatic rings. The molecule has 0 saturated heterocycles. The van der Waals surface area contributed by atoms with Crippen LogP contribution in [-0.4, -0.2) is 18.9 Å². The fourth-order valence-corrected chi connectivity index (χ4v) is 2.32. The maximum Gasteiger partial charge on any atom is 0.534 e. The van der Waals surface area contributed by atoms with Crippen molar-refractivity contribution in [2.75, 3.05) is 0 Å². The van der Waals surface area contributed by atoms with Crippen LogP contribution in [0.2, 0.25) is 0 Å². The van der Waals surface area contributed by atoms with Crippen molar-refractivity contribution in [1.29, 1.82) is 0 Å². The summed E-state index contributed by atoms with van der Waals surface area (Å²) in [4.78, 5) is 3.82. The van der Waals surface area contributed by atoms with Crippen molar-refractivity contribution < 1.29 is 30.2 Å². The third-order valence-corrected chi connectivity index (χ3v) is 3.71. The fraction of sp³-hybridized carbons (Fsp3) is 0.0833. The Labute approximate surface area is 116 Å². The molecule has 0 fully saturated rings. The number of nitrogens with zero attached hydrogens (tertiary/aromatic N) is 1. The first-order valence-electron chi connectivity index (χ1n) is 5.55. The lowest BCUT2D eigenvalue weighted by molar-refractivity contribution is -0.0499. The Balaban J connectivity index is 2.21. The quantitative estimate of drug-likeness (QED) is 0.536. The average molecular weight is 317 g/mol. The van der Waals surface area contributed by atoms with Crippen LogP contribution in [-0.2, 0) is 10.1 Å². The van der Waals surface area contributed by atoms with Crippen LogP contribution in [0.15, 0.2) is 41.1 Å². The third kappa shape index (κ3) is 2.19. The minimum Gasteiger partial charge on any atom is -0.450 e. The van der Waals surface area contributed by atoms with Crippen molar-refractivity contribution in [2.24, 2.45) is 0 Å². The number of benzene rings is 1. The Bertz CT molecular complexity index is 930. The molecule has 5 nitrogen and oxygen atoms in total. The lowest BCUT2D eigenvalue weighted by Gasteiger charge is -2.09. The molecule has 0 amide bonds. The summed E-state index contributed by atoms with van der Waals surface area (Å²) < 4.78 is 68.7. The van der Waals surface area contributed by atoms with E-state index in [9.17, 15) is 21.6 Å². The maximum atomic E-state index is 12.4. The molecule has 21 heavy (non-hydrogen) atoms. The summed E-state index contributed by atoms with van der Waals surface area (Å²) in [7, 11) is -5.76. The zero-order valence-corrected chi connectivity index (χ0v) is 10.9. The molecule has 0 N–H and O–H groups in total. The lowest BCUT2D eigenvalue weighted by Crippen LogP contribution is -2.28. The molecule has 0 atom stereocenters. The minimum atomic E-state index is -5.76. The normalized spacial score (nSPS) is 12.9. The Morgan fingerprint density at radius 1 is 1.14 bits per heavy atom. The molecule has 1 aromatic carbocycles. The van der Waals surface area contributed by atoms with Crippen LogP contribution < -0.4 is 4.18 Å². The van der Waals surface area contributed by atoms with Crippen molar-refractivity contribution in [2.45, 2.75) is 5.51 Å². The van der Waals surface area contributed by atoms with E-state index in [1.807, 2.05) is 0 Å². The van der Waals surface area contributed by atoms with E-state index in [-0.39, 0.29) is 5.58 Å². The summed E-state index contributed by atoms with van der Waals surface area (Å²) in [5, 5.41) is 1.03. The Morgan fingerprint density at radius 2 is 1.90 bits per heavy atom. The van der Waals surface area contributed by atoms with Crippen LogP contribution in [0.4, 0.5) is 13.2 Å². The van der Waals surface area contributed by atoms with Gasteiger partial charge >= 0.3 is 15.6 Å². The molecule has 3 rings (SSSR count). The molecule has 0 unspecified atom stereocenters. The summed E-state index contributed by atoms with van der Waals surface area (Å²) in [5.41, 5.74) is -5.29. The van der Waals surface area contributed by atoms with Gasteiger partial charge in [-0.25, -0.2) is 0 Å². The molecule has 2 aromatic heterocycles. The van der Waals surface area contributed by atoms with Crippen molar-refractivity contribution in [3.05, 3.63) is 36.7 Å². The maximum absolute atomic E-state index is 12.4. The van der Waals surface area contributed by atoms with Crippen molar-refractivity contribution >= 4 is 32.1 Å². The Kier molecular flexibility index (Phi) is 2.84. The second-order valence-electron chi connectivity index (χ2n) is 4.09. The standard InChI is InChI=1S/C12H6F3NO4S/c13-12(14,15)21(17,18)20-9-3-1-2-8-7-4-5-16-6-10(7)19-11(8)9/h1-6H. The minimum absolute atomic E-state index is 0.0895. The first kappa shape index (κ1) is 13.7. The highest BCUT2D eigenvalue weighted by atomic mass is 32.2. The van der Waals surface area contributed by atoms with E-state index >= 15 is 0 Å². The van der Waals surface area contributed by atoms with Crippen molar-refractivity contribution in [3.63, 3.8) is 0 Å². The van der Waals surface area contributed by atoms with E-state index in [1.165, 1.54) is 18.5 Å². The number of alkyl halides is 3. The highest BCUT2D eigenvalue weighted by Gasteiger charge is 2.48. The van der Waals surface area contributed by atoms with Gasteiger partial charge in [-0.05, 0) is 12.1 Å². The van der Waals surface area contributed by atoms with Crippen molar-refractivity contribution in [3.8, 4) is 5.75 Å².